The lowest BCUT2D eigenvalue weighted by Crippen LogP contribution is -2.33. The standard InChI is InChI=1S/C11H13N5O2/c17-10(9-15-7-2-5-13-15)12-6-8-16-11(18)3-1-4-14-16/h1-5,7H,6,8-9H2,(H,12,17). The van der Waals surface area contributed by atoms with Gasteiger partial charge in [-0.15, -0.1) is 0 Å². The number of carbonyl (C=O) groups is 1. The van der Waals surface area contributed by atoms with Crippen LogP contribution in [0.2, 0.25) is 0 Å². The Balaban J connectivity index is 1.77. The third kappa shape index (κ3) is 3.27. The second-order valence-corrected chi connectivity index (χ2v) is 3.64. The molecule has 7 heteroatoms. The summed E-state index contributed by atoms with van der Waals surface area (Å²) in [7, 11) is 0. The second kappa shape index (κ2) is 5.76. The van der Waals surface area contributed by atoms with Gasteiger partial charge in [0.1, 0.15) is 6.54 Å². The molecule has 0 saturated heterocycles. The fourth-order valence-electron chi connectivity index (χ4n) is 1.45. The molecule has 0 saturated carbocycles. The summed E-state index contributed by atoms with van der Waals surface area (Å²) in [5, 5.41) is 10.5. The normalized spacial score (nSPS) is 10.2. The monoisotopic (exact) mass is 247 g/mol. The van der Waals surface area contributed by atoms with Crippen LogP contribution in [0.25, 0.3) is 0 Å². The van der Waals surface area contributed by atoms with Crippen LogP contribution in [0, 0.1) is 0 Å². The fraction of sp³-hybridized carbons (Fsp3) is 0.273. The van der Waals surface area contributed by atoms with Crippen LogP contribution in [-0.4, -0.2) is 32.0 Å². The summed E-state index contributed by atoms with van der Waals surface area (Å²) in [5.74, 6) is -0.150. The molecule has 0 aromatic carbocycles. The molecular formula is C11H13N5O2. The third-order valence-electron chi connectivity index (χ3n) is 2.30. The molecule has 0 atom stereocenters. The zero-order chi connectivity index (χ0) is 12.8. The fourth-order valence-corrected chi connectivity index (χ4v) is 1.45. The van der Waals surface area contributed by atoms with E-state index in [4.69, 9.17) is 0 Å². The molecule has 2 rings (SSSR count). The van der Waals surface area contributed by atoms with Crippen molar-refractivity contribution in [1.29, 1.82) is 0 Å². The van der Waals surface area contributed by atoms with Crippen LogP contribution in [-0.2, 0) is 17.9 Å². The number of hydrogen-bond acceptors (Lipinski definition) is 4. The summed E-state index contributed by atoms with van der Waals surface area (Å²) >= 11 is 0. The number of amides is 1. The van der Waals surface area contributed by atoms with Crippen LogP contribution >= 0.6 is 0 Å². The SMILES string of the molecule is O=C(Cn1cccn1)NCCn1ncccc1=O. The van der Waals surface area contributed by atoms with Gasteiger partial charge < -0.3 is 5.32 Å². The van der Waals surface area contributed by atoms with Gasteiger partial charge in [-0.25, -0.2) is 4.68 Å². The molecule has 7 nitrogen and oxygen atoms in total. The molecule has 0 unspecified atom stereocenters. The Kier molecular flexibility index (Phi) is 3.85. The van der Waals surface area contributed by atoms with Crippen LogP contribution < -0.4 is 10.9 Å². The van der Waals surface area contributed by atoms with Crippen molar-refractivity contribution in [2.45, 2.75) is 13.1 Å². The highest BCUT2D eigenvalue weighted by Crippen LogP contribution is 1.84. The van der Waals surface area contributed by atoms with Crippen molar-refractivity contribution in [3.63, 3.8) is 0 Å². The molecule has 0 aliphatic heterocycles. The minimum atomic E-state index is -0.182. The Morgan fingerprint density at radius 3 is 2.83 bits per heavy atom. The predicted octanol–water partition coefficient (Wildman–Crippen LogP) is -0.744. The molecule has 0 radical (unpaired) electrons. The van der Waals surface area contributed by atoms with E-state index in [-0.39, 0.29) is 18.0 Å². The topological polar surface area (TPSA) is 81.8 Å². The molecule has 1 amide bonds. The maximum absolute atomic E-state index is 11.5. The summed E-state index contributed by atoms with van der Waals surface area (Å²) in [5.41, 5.74) is -0.182. The smallest absolute Gasteiger partial charge is 0.266 e. The van der Waals surface area contributed by atoms with Crippen LogP contribution in [0.4, 0.5) is 0 Å². The summed E-state index contributed by atoms with van der Waals surface area (Å²) < 4.78 is 2.83. The Morgan fingerprint density at radius 2 is 2.11 bits per heavy atom. The highest BCUT2D eigenvalue weighted by atomic mass is 16.2. The van der Waals surface area contributed by atoms with Crippen molar-refractivity contribution in [2.75, 3.05) is 6.54 Å². The first-order valence-corrected chi connectivity index (χ1v) is 5.52. The van der Waals surface area contributed by atoms with Crippen molar-refractivity contribution in [2.24, 2.45) is 0 Å². The van der Waals surface area contributed by atoms with Crippen LogP contribution in [0.5, 0.6) is 0 Å². The average Bonchev–Trinajstić information content (AvgIpc) is 2.84. The van der Waals surface area contributed by atoms with Crippen LogP contribution in [0.1, 0.15) is 0 Å². The molecule has 18 heavy (non-hydrogen) atoms. The first kappa shape index (κ1) is 12.0. The van der Waals surface area contributed by atoms with E-state index in [1.54, 1.807) is 24.5 Å². The predicted molar refractivity (Wildman–Crippen MR) is 63.7 cm³/mol. The van der Waals surface area contributed by atoms with E-state index in [0.717, 1.165) is 0 Å². The number of nitrogens with zero attached hydrogens (tertiary/aromatic N) is 4. The number of aromatic nitrogens is 4. The Morgan fingerprint density at radius 1 is 1.28 bits per heavy atom. The van der Waals surface area contributed by atoms with E-state index in [1.807, 2.05) is 0 Å². The number of rotatable bonds is 5. The van der Waals surface area contributed by atoms with Gasteiger partial charge in [-0.1, -0.05) is 0 Å². The largest absolute Gasteiger partial charge is 0.353 e. The van der Waals surface area contributed by atoms with Crippen LogP contribution in [0.15, 0.2) is 41.6 Å². The molecular weight excluding hydrogens is 234 g/mol. The minimum Gasteiger partial charge on any atom is -0.353 e. The highest BCUT2D eigenvalue weighted by molar-refractivity contribution is 5.75. The quantitative estimate of drug-likeness (QED) is 0.754. The second-order valence-electron chi connectivity index (χ2n) is 3.64. The molecule has 2 aromatic heterocycles. The highest BCUT2D eigenvalue weighted by Gasteiger charge is 2.02. The van der Waals surface area contributed by atoms with Gasteiger partial charge in [-0.05, 0) is 12.1 Å². The Bertz CT molecular complexity index is 561. The summed E-state index contributed by atoms with van der Waals surface area (Å²) in [6.07, 6.45) is 4.86. The van der Waals surface area contributed by atoms with Gasteiger partial charge in [0.15, 0.2) is 0 Å². The maximum atomic E-state index is 11.5. The van der Waals surface area contributed by atoms with Gasteiger partial charge in [0.25, 0.3) is 5.56 Å². The molecule has 2 aromatic rings. The van der Waals surface area contributed by atoms with Gasteiger partial charge in [-0.3, -0.25) is 14.3 Å². The molecule has 0 aliphatic rings. The molecule has 0 bridgehead atoms. The van der Waals surface area contributed by atoms with Crippen molar-refractivity contribution in [1.82, 2.24) is 24.9 Å². The zero-order valence-corrected chi connectivity index (χ0v) is 9.69. The summed E-state index contributed by atoms with van der Waals surface area (Å²) in [6.45, 7) is 0.881. The molecule has 0 aliphatic carbocycles. The lowest BCUT2D eigenvalue weighted by atomic mass is 10.5. The van der Waals surface area contributed by atoms with E-state index >= 15 is 0 Å². The number of carbonyl (C=O) groups excluding carboxylic acids is 1. The van der Waals surface area contributed by atoms with Gasteiger partial charge in [0, 0.05) is 31.2 Å². The lowest BCUT2D eigenvalue weighted by molar-refractivity contribution is -0.121. The third-order valence-corrected chi connectivity index (χ3v) is 2.30. The van der Waals surface area contributed by atoms with E-state index in [1.165, 1.54) is 21.6 Å². The number of nitrogens with one attached hydrogen (secondary N) is 1. The van der Waals surface area contributed by atoms with E-state index in [2.05, 4.69) is 15.5 Å². The molecule has 2 heterocycles. The minimum absolute atomic E-state index is 0.150. The van der Waals surface area contributed by atoms with Crippen molar-refractivity contribution < 1.29 is 4.79 Å². The zero-order valence-electron chi connectivity index (χ0n) is 9.69. The average molecular weight is 247 g/mol. The lowest BCUT2D eigenvalue weighted by Gasteiger charge is -2.06. The first-order chi connectivity index (χ1) is 8.75. The summed E-state index contributed by atoms with van der Waals surface area (Å²) in [6, 6.07) is 4.76. The van der Waals surface area contributed by atoms with Gasteiger partial charge >= 0.3 is 0 Å². The van der Waals surface area contributed by atoms with Crippen LogP contribution in [0.3, 0.4) is 0 Å². The molecule has 1 N–H and O–H groups in total. The molecule has 94 valence electrons. The maximum Gasteiger partial charge on any atom is 0.266 e. The molecule has 0 fully saturated rings. The van der Waals surface area contributed by atoms with Crippen molar-refractivity contribution in [3.8, 4) is 0 Å². The summed E-state index contributed by atoms with van der Waals surface area (Å²) in [4.78, 5) is 22.8. The Hall–Kier alpha value is -2.44. The van der Waals surface area contributed by atoms with E-state index in [9.17, 15) is 9.59 Å². The molecule has 0 spiro atoms. The van der Waals surface area contributed by atoms with Gasteiger partial charge in [0.05, 0.1) is 6.54 Å². The van der Waals surface area contributed by atoms with Crippen molar-refractivity contribution >= 4 is 5.91 Å². The van der Waals surface area contributed by atoms with E-state index < -0.39 is 0 Å². The first-order valence-electron chi connectivity index (χ1n) is 5.52. The van der Waals surface area contributed by atoms with Gasteiger partial charge in [0.2, 0.25) is 5.91 Å². The Labute approximate surface area is 103 Å². The number of hydrogen-bond donors (Lipinski definition) is 1. The van der Waals surface area contributed by atoms with Crippen molar-refractivity contribution in [3.05, 3.63) is 47.1 Å². The van der Waals surface area contributed by atoms with Gasteiger partial charge in [-0.2, -0.15) is 10.2 Å². The van der Waals surface area contributed by atoms with E-state index in [0.29, 0.717) is 13.1 Å².